The second-order valence-electron chi connectivity index (χ2n) is 8.05. The summed E-state index contributed by atoms with van der Waals surface area (Å²) in [6.07, 6.45) is 3.45. The van der Waals surface area contributed by atoms with Crippen molar-refractivity contribution in [2.24, 2.45) is 5.92 Å². The van der Waals surface area contributed by atoms with E-state index in [9.17, 15) is 18.4 Å². The highest BCUT2D eigenvalue weighted by Crippen LogP contribution is 2.33. The predicted molar refractivity (Wildman–Crippen MR) is 104 cm³/mol. The molecule has 0 N–H and O–H groups in total. The van der Waals surface area contributed by atoms with E-state index in [1.165, 1.54) is 39.3 Å². The van der Waals surface area contributed by atoms with Crippen LogP contribution in [0.15, 0.2) is 24.3 Å². The van der Waals surface area contributed by atoms with E-state index >= 15 is 0 Å². The van der Waals surface area contributed by atoms with Gasteiger partial charge in [-0.1, -0.05) is 20.3 Å². The van der Waals surface area contributed by atoms with Crippen molar-refractivity contribution in [3.63, 3.8) is 0 Å². The summed E-state index contributed by atoms with van der Waals surface area (Å²) in [7, 11) is 0. The number of carbonyl (C=O) groups excluding carboxylic acids is 2. The molecule has 0 amide bonds. The van der Waals surface area contributed by atoms with Gasteiger partial charge in [0.1, 0.15) is 11.4 Å². The number of ether oxygens (including phenoxy) is 3. The molecule has 0 saturated heterocycles. The molecule has 0 radical (unpaired) electrons. The number of hydrogen-bond acceptors (Lipinski definition) is 5. The molecule has 29 heavy (non-hydrogen) atoms. The lowest BCUT2D eigenvalue weighted by molar-refractivity contribution is -0.192. The van der Waals surface area contributed by atoms with Crippen molar-refractivity contribution in [3.8, 4) is 5.75 Å². The summed E-state index contributed by atoms with van der Waals surface area (Å²) in [6, 6.07) is 6.21. The molecule has 7 heteroatoms. The Bertz CT molecular complexity index is 694. The molecule has 0 spiro atoms. The first-order chi connectivity index (χ1) is 13.6. The lowest BCUT2D eigenvalue weighted by atomic mass is 9.86. The Kier molecular flexibility index (Phi) is 7.60. The Morgan fingerprint density at radius 2 is 1.69 bits per heavy atom. The van der Waals surface area contributed by atoms with Gasteiger partial charge in [0.05, 0.1) is 12.2 Å². The first-order valence-corrected chi connectivity index (χ1v) is 10.1. The van der Waals surface area contributed by atoms with Crippen LogP contribution in [-0.2, 0) is 14.3 Å². The Morgan fingerprint density at radius 1 is 1.10 bits per heavy atom. The largest absolute Gasteiger partial charge is 0.488 e. The summed E-state index contributed by atoms with van der Waals surface area (Å²) in [6.45, 7) is 6.22. The number of benzene rings is 1. The number of hydrogen-bond donors (Lipinski definition) is 0. The van der Waals surface area contributed by atoms with Gasteiger partial charge in [-0.25, -0.2) is 9.59 Å². The molecule has 1 fully saturated rings. The van der Waals surface area contributed by atoms with Crippen LogP contribution in [-0.4, -0.2) is 36.2 Å². The molecule has 1 saturated carbocycles. The maximum atomic E-state index is 14.4. The maximum Gasteiger partial charge on any atom is 0.381 e. The van der Waals surface area contributed by atoms with Crippen molar-refractivity contribution in [2.75, 3.05) is 6.61 Å². The minimum Gasteiger partial charge on any atom is -0.488 e. The fourth-order valence-electron chi connectivity index (χ4n) is 3.50. The quantitative estimate of drug-likeness (QED) is 0.552. The van der Waals surface area contributed by atoms with Gasteiger partial charge in [0.25, 0.3) is 0 Å². The van der Waals surface area contributed by atoms with Crippen LogP contribution in [0.5, 0.6) is 5.75 Å². The second kappa shape index (κ2) is 9.55. The molecule has 0 heterocycles. The molecule has 5 nitrogen and oxygen atoms in total. The molecule has 1 aromatic rings. The molecular formula is C22H30F2O5. The van der Waals surface area contributed by atoms with Crippen LogP contribution in [0, 0.1) is 5.92 Å². The molecule has 0 aliphatic heterocycles. The van der Waals surface area contributed by atoms with Crippen molar-refractivity contribution in [2.45, 2.75) is 77.4 Å². The van der Waals surface area contributed by atoms with Crippen LogP contribution >= 0.6 is 0 Å². The van der Waals surface area contributed by atoms with Crippen LogP contribution in [0.4, 0.5) is 8.78 Å². The van der Waals surface area contributed by atoms with E-state index in [1.807, 2.05) is 0 Å². The molecule has 1 aliphatic carbocycles. The van der Waals surface area contributed by atoms with Gasteiger partial charge in [0.15, 0.2) is 6.10 Å². The molecule has 1 aliphatic rings. The van der Waals surface area contributed by atoms with Crippen LogP contribution < -0.4 is 4.74 Å². The van der Waals surface area contributed by atoms with Crippen molar-refractivity contribution in [1.82, 2.24) is 0 Å². The van der Waals surface area contributed by atoms with E-state index in [1.54, 1.807) is 12.1 Å². The van der Waals surface area contributed by atoms with Crippen molar-refractivity contribution >= 4 is 11.9 Å². The van der Waals surface area contributed by atoms with Gasteiger partial charge in [-0.05, 0) is 69.7 Å². The van der Waals surface area contributed by atoms with Gasteiger partial charge in [-0.15, -0.1) is 0 Å². The highest BCUT2D eigenvalue weighted by atomic mass is 19.3. The second-order valence-corrected chi connectivity index (χ2v) is 8.05. The zero-order chi connectivity index (χ0) is 21.7. The number of alkyl halides is 2. The normalized spacial score (nSPS) is 17.5. The number of carbonyl (C=O) groups is 2. The summed E-state index contributed by atoms with van der Waals surface area (Å²) in [5.74, 6) is -6.73. The lowest BCUT2D eigenvalue weighted by Crippen LogP contribution is -2.48. The van der Waals surface area contributed by atoms with Gasteiger partial charge in [-0.3, -0.25) is 0 Å². The van der Waals surface area contributed by atoms with Crippen molar-refractivity contribution in [1.29, 1.82) is 0 Å². The monoisotopic (exact) mass is 412 g/mol. The van der Waals surface area contributed by atoms with Gasteiger partial charge in [0, 0.05) is 0 Å². The zero-order valence-corrected chi connectivity index (χ0v) is 17.5. The summed E-state index contributed by atoms with van der Waals surface area (Å²) in [4.78, 5) is 24.0. The smallest absolute Gasteiger partial charge is 0.381 e. The van der Waals surface area contributed by atoms with Crippen LogP contribution in [0.2, 0.25) is 0 Å². The standard InChI is InChI=1S/C22H30F2O5/c1-5-27-20(26)22(23,24)18(15(2)3)28-19(25)16-9-11-17(12-10-16)29-21(4)13-7-6-8-14-21/h9-12,15,18H,5-8,13-14H2,1-4H3. The average molecular weight is 412 g/mol. The van der Waals surface area contributed by atoms with E-state index in [0.717, 1.165) is 25.7 Å². The minimum atomic E-state index is -3.93. The van der Waals surface area contributed by atoms with Gasteiger partial charge in [-0.2, -0.15) is 8.78 Å². The maximum absolute atomic E-state index is 14.4. The molecule has 2 rings (SSSR count). The minimum absolute atomic E-state index is 0.108. The third-order valence-electron chi connectivity index (χ3n) is 5.11. The molecule has 1 atom stereocenters. The molecule has 0 aromatic heterocycles. The number of rotatable bonds is 8. The van der Waals surface area contributed by atoms with Crippen molar-refractivity contribution in [3.05, 3.63) is 29.8 Å². The summed E-state index contributed by atoms with van der Waals surface area (Å²) >= 11 is 0. The number of halogens is 2. The van der Waals surface area contributed by atoms with E-state index < -0.39 is 29.9 Å². The van der Waals surface area contributed by atoms with Crippen molar-refractivity contribution < 1.29 is 32.6 Å². The van der Waals surface area contributed by atoms with E-state index in [4.69, 9.17) is 9.47 Å². The topological polar surface area (TPSA) is 61.8 Å². The SMILES string of the molecule is CCOC(=O)C(F)(F)C(OC(=O)c1ccc(OC2(C)CCCCC2)cc1)C(C)C. The molecule has 1 aromatic carbocycles. The fraction of sp³-hybridized carbons (Fsp3) is 0.636. The molecular weight excluding hydrogens is 382 g/mol. The molecule has 0 bridgehead atoms. The first-order valence-electron chi connectivity index (χ1n) is 10.1. The summed E-state index contributed by atoms with van der Waals surface area (Å²) in [5, 5.41) is 0. The molecule has 162 valence electrons. The van der Waals surface area contributed by atoms with Crippen LogP contribution in [0.25, 0.3) is 0 Å². The Balaban J connectivity index is 2.07. The van der Waals surface area contributed by atoms with E-state index in [-0.39, 0.29) is 17.8 Å². The number of esters is 2. The molecule has 1 unspecified atom stereocenters. The third-order valence-corrected chi connectivity index (χ3v) is 5.11. The Hall–Kier alpha value is -2.18. The van der Waals surface area contributed by atoms with Crippen LogP contribution in [0.3, 0.4) is 0 Å². The first kappa shape index (κ1) is 23.1. The predicted octanol–water partition coefficient (Wildman–Crippen LogP) is 5.17. The van der Waals surface area contributed by atoms with Crippen LogP contribution in [0.1, 0.15) is 70.2 Å². The van der Waals surface area contributed by atoms with Gasteiger partial charge in [0.2, 0.25) is 0 Å². The average Bonchev–Trinajstić information content (AvgIpc) is 2.66. The Morgan fingerprint density at radius 3 is 2.21 bits per heavy atom. The zero-order valence-electron chi connectivity index (χ0n) is 17.5. The summed E-state index contributed by atoms with van der Waals surface area (Å²) < 4.78 is 44.3. The lowest BCUT2D eigenvalue weighted by Gasteiger charge is -2.34. The summed E-state index contributed by atoms with van der Waals surface area (Å²) in [5.41, 5.74) is -0.124. The van der Waals surface area contributed by atoms with Gasteiger partial charge >= 0.3 is 17.9 Å². The fourth-order valence-corrected chi connectivity index (χ4v) is 3.50. The van der Waals surface area contributed by atoms with E-state index in [0.29, 0.717) is 5.75 Å². The highest BCUT2D eigenvalue weighted by Gasteiger charge is 2.52. The van der Waals surface area contributed by atoms with Gasteiger partial charge < -0.3 is 14.2 Å². The van der Waals surface area contributed by atoms with E-state index in [2.05, 4.69) is 11.7 Å². The highest BCUT2D eigenvalue weighted by molar-refractivity contribution is 5.90. The third kappa shape index (κ3) is 5.90. The Labute approximate surface area is 170 Å².